The number of carbonyl (C=O) groups excluding carboxylic acids is 2. The molecule has 0 saturated carbocycles. The first kappa shape index (κ1) is 28.1. The number of benzene rings is 3. The molecule has 3 aromatic carbocycles. The molecule has 4 rings (SSSR count). The number of hydrogen-bond acceptors (Lipinski definition) is 7. The number of carbonyl (C=O) groups is 2. The van der Waals surface area contributed by atoms with Crippen LogP contribution in [0.25, 0.3) is 11.1 Å². The number of aromatic nitrogens is 2. The number of nitrogens with zero attached hydrogens (tertiary/aromatic N) is 2. The molecule has 206 valence electrons. The van der Waals surface area contributed by atoms with Crippen LogP contribution in [0.1, 0.15) is 21.7 Å². The van der Waals surface area contributed by atoms with E-state index < -0.39 is 30.0 Å². The molecule has 1 amide bonds. The Hall–Kier alpha value is -4.93. The van der Waals surface area contributed by atoms with Crippen molar-refractivity contribution in [3.05, 3.63) is 108 Å². The molecule has 4 aromatic rings. The van der Waals surface area contributed by atoms with Crippen LogP contribution in [0.2, 0.25) is 0 Å². The van der Waals surface area contributed by atoms with E-state index in [0.29, 0.717) is 5.69 Å². The van der Waals surface area contributed by atoms with Crippen LogP contribution in [0.5, 0.6) is 11.5 Å². The number of amides is 1. The fraction of sp³-hybridized carbons (Fsp3) is 0.172. The molecular formula is C29H24F3N3O5. The van der Waals surface area contributed by atoms with Gasteiger partial charge in [-0.15, -0.1) is 13.2 Å². The van der Waals surface area contributed by atoms with Crippen molar-refractivity contribution in [1.29, 1.82) is 0 Å². The van der Waals surface area contributed by atoms with Gasteiger partial charge in [-0.1, -0.05) is 60.7 Å². The van der Waals surface area contributed by atoms with E-state index >= 15 is 0 Å². The maximum atomic E-state index is 12.8. The van der Waals surface area contributed by atoms with E-state index in [2.05, 4.69) is 20.0 Å². The molecule has 0 aliphatic rings. The van der Waals surface area contributed by atoms with Crippen molar-refractivity contribution in [2.75, 3.05) is 7.11 Å². The van der Waals surface area contributed by atoms with Crippen molar-refractivity contribution in [3.8, 4) is 22.6 Å². The molecule has 0 radical (unpaired) electrons. The molecule has 0 bridgehead atoms. The maximum Gasteiger partial charge on any atom is 0.573 e. The summed E-state index contributed by atoms with van der Waals surface area (Å²) in [5.74, 6) is -1.54. The molecule has 0 aliphatic heterocycles. The summed E-state index contributed by atoms with van der Waals surface area (Å²) in [7, 11) is 1.24. The molecule has 40 heavy (non-hydrogen) atoms. The lowest BCUT2D eigenvalue weighted by molar-refractivity contribution is -0.274. The van der Waals surface area contributed by atoms with Gasteiger partial charge in [-0.3, -0.25) is 9.78 Å². The quantitative estimate of drug-likeness (QED) is 0.273. The lowest BCUT2D eigenvalue weighted by atomic mass is 10.0. The number of hydrogen-bond donors (Lipinski definition) is 1. The largest absolute Gasteiger partial charge is 0.573 e. The van der Waals surface area contributed by atoms with E-state index in [4.69, 9.17) is 9.47 Å². The number of esters is 1. The van der Waals surface area contributed by atoms with E-state index in [1.165, 1.54) is 31.6 Å². The summed E-state index contributed by atoms with van der Waals surface area (Å²) in [6.07, 6.45) is -2.12. The van der Waals surface area contributed by atoms with Gasteiger partial charge in [-0.2, -0.15) is 0 Å². The number of ether oxygens (including phenoxy) is 3. The number of rotatable bonds is 10. The molecule has 0 spiro atoms. The number of methoxy groups -OCH3 is 1. The molecule has 0 unspecified atom stereocenters. The second kappa shape index (κ2) is 12.7. The van der Waals surface area contributed by atoms with E-state index in [1.54, 1.807) is 0 Å². The molecule has 1 aromatic heterocycles. The standard InChI is InChI=1S/C29H24F3N3O5/c1-38-28(37)25(14-19-10-12-21(13-11-19)20-6-3-2-4-7-20)35-27(36)26-17-33-22(16-34-26)18-39-23-8-5-9-24(15-23)40-29(30,31)32/h2-13,15-17,25H,14,18H2,1H3,(H,35,36)/t25-/m0/s1. The number of nitrogens with one attached hydrogen (secondary N) is 1. The highest BCUT2D eigenvalue weighted by Crippen LogP contribution is 2.26. The van der Waals surface area contributed by atoms with E-state index in [9.17, 15) is 22.8 Å². The number of halogens is 3. The Morgan fingerprint density at radius 3 is 2.23 bits per heavy atom. The summed E-state index contributed by atoms with van der Waals surface area (Å²) < 4.78 is 51.4. The molecule has 11 heteroatoms. The van der Waals surface area contributed by atoms with Gasteiger partial charge in [0.2, 0.25) is 0 Å². The highest BCUT2D eigenvalue weighted by atomic mass is 19.4. The highest BCUT2D eigenvalue weighted by molar-refractivity contribution is 5.95. The van der Waals surface area contributed by atoms with Crippen LogP contribution in [0.4, 0.5) is 13.2 Å². The Balaban J connectivity index is 1.35. The topological polar surface area (TPSA) is 99.6 Å². The molecule has 8 nitrogen and oxygen atoms in total. The zero-order valence-electron chi connectivity index (χ0n) is 21.2. The van der Waals surface area contributed by atoms with Crippen LogP contribution in [-0.4, -0.2) is 41.4 Å². The van der Waals surface area contributed by atoms with Crippen molar-refractivity contribution in [2.24, 2.45) is 0 Å². The normalized spacial score (nSPS) is 11.8. The van der Waals surface area contributed by atoms with Gasteiger partial charge in [0, 0.05) is 12.5 Å². The smallest absolute Gasteiger partial charge is 0.487 e. The third-order valence-corrected chi connectivity index (χ3v) is 5.66. The molecule has 0 fully saturated rings. The van der Waals surface area contributed by atoms with Gasteiger partial charge in [-0.05, 0) is 28.8 Å². The fourth-order valence-electron chi connectivity index (χ4n) is 3.73. The SMILES string of the molecule is COC(=O)[C@H](Cc1ccc(-c2ccccc2)cc1)NC(=O)c1cnc(COc2cccc(OC(F)(F)F)c2)cn1. The monoisotopic (exact) mass is 551 g/mol. The third kappa shape index (κ3) is 8.03. The van der Waals surface area contributed by atoms with Crippen molar-refractivity contribution < 1.29 is 37.0 Å². The van der Waals surface area contributed by atoms with Crippen LogP contribution in [0.3, 0.4) is 0 Å². The van der Waals surface area contributed by atoms with E-state index in [1.807, 2.05) is 54.6 Å². The minimum absolute atomic E-state index is 0.0438. The van der Waals surface area contributed by atoms with Gasteiger partial charge in [0.1, 0.15) is 29.8 Å². The predicted octanol–water partition coefficient (Wildman–Crippen LogP) is 5.14. The van der Waals surface area contributed by atoms with Gasteiger partial charge in [-0.25, -0.2) is 9.78 Å². The molecule has 0 aliphatic carbocycles. The first-order valence-electron chi connectivity index (χ1n) is 12.0. The summed E-state index contributed by atoms with van der Waals surface area (Å²) in [5, 5.41) is 2.63. The summed E-state index contributed by atoms with van der Waals surface area (Å²) in [6.45, 7) is -0.117. The first-order valence-corrected chi connectivity index (χ1v) is 12.0. The van der Waals surface area contributed by atoms with Crippen LogP contribution in [-0.2, 0) is 22.6 Å². The van der Waals surface area contributed by atoms with Crippen molar-refractivity contribution in [2.45, 2.75) is 25.4 Å². The Morgan fingerprint density at radius 2 is 1.57 bits per heavy atom. The van der Waals surface area contributed by atoms with Crippen LogP contribution >= 0.6 is 0 Å². The second-order valence-electron chi connectivity index (χ2n) is 8.52. The van der Waals surface area contributed by atoms with Gasteiger partial charge >= 0.3 is 12.3 Å². The van der Waals surface area contributed by atoms with Gasteiger partial charge in [0.25, 0.3) is 5.91 Å². The number of alkyl halides is 3. The first-order chi connectivity index (χ1) is 19.2. The summed E-state index contributed by atoms with van der Waals surface area (Å²) >= 11 is 0. The average Bonchev–Trinajstić information content (AvgIpc) is 2.95. The molecule has 1 N–H and O–H groups in total. The molecular weight excluding hydrogens is 527 g/mol. The van der Waals surface area contributed by atoms with Crippen molar-refractivity contribution in [3.63, 3.8) is 0 Å². The van der Waals surface area contributed by atoms with Gasteiger partial charge < -0.3 is 19.5 Å². The molecule has 1 atom stereocenters. The highest BCUT2D eigenvalue weighted by Gasteiger charge is 2.31. The lowest BCUT2D eigenvalue weighted by Crippen LogP contribution is -2.43. The molecule has 1 heterocycles. The Morgan fingerprint density at radius 1 is 0.875 bits per heavy atom. The van der Waals surface area contributed by atoms with Gasteiger partial charge in [0.05, 0.1) is 25.2 Å². The molecule has 0 saturated heterocycles. The minimum Gasteiger partial charge on any atom is -0.487 e. The fourth-order valence-corrected chi connectivity index (χ4v) is 3.73. The summed E-state index contributed by atoms with van der Waals surface area (Å²) in [5.41, 5.74) is 3.17. The predicted molar refractivity (Wildman–Crippen MR) is 138 cm³/mol. The average molecular weight is 552 g/mol. The van der Waals surface area contributed by atoms with E-state index in [0.717, 1.165) is 28.8 Å². The van der Waals surface area contributed by atoms with Crippen LogP contribution in [0.15, 0.2) is 91.3 Å². The van der Waals surface area contributed by atoms with Crippen LogP contribution < -0.4 is 14.8 Å². The third-order valence-electron chi connectivity index (χ3n) is 5.66. The summed E-state index contributed by atoms with van der Waals surface area (Å²) in [4.78, 5) is 33.4. The maximum absolute atomic E-state index is 12.8. The lowest BCUT2D eigenvalue weighted by Gasteiger charge is -2.16. The van der Waals surface area contributed by atoms with Gasteiger partial charge in [0.15, 0.2) is 0 Å². The van der Waals surface area contributed by atoms with Crippen molar-refractivity contribution in [1.82, 2.24) is 15.3 Å². The minimum atomic E-state index is -4.82. The zero-order valence-corrected chi connectivity index (χ0v) is 21.2. The Labute approximate surface area is 227 Å². The Kier molecular flexibility index (Phi) is 8.95. The van der Waals surface area contributed by atoms with Crippen molar-refractivity contribution >= 4 is 11.9 Å². The summed E-state index contributed by atoms with van der Waals surface area (Å²) in [6, 6.07) is 21.5. The van der Waals surface area contributed by atoms with Crippen LogP contribution in [0, 0.1) is 0 Å². The zero-order chi connectivity index (χ0) is 28.5. The Bertz CT molecular complexity index is 1430. The second-order valence-corrected chi connectivity index (χ2v) is 8.52. The van der Waals surface area contributed by atoms with E-state index in [-0.39, 0.29) is 24.5 Å².